The van der Waals surface area contributed by atoms with Crippen LogP contribution in [-0.4, -0.2) is 253 Å². The Morgan fingerprint density at radius 1 is 0.775 bits per heavy atom. The topological polar surface area (TPSA) is 529 Å². The number of amides is 4. The minimum absolute atomic E-state index is 0.109. The van der Waals surface area contributed by atoms with Crippen molar-refractivity contribution in [2.45, 2.75) is 262 Å². The molecule has 4 aliphatic heterocycles. The third-order valence-electron chi connectivity index (χ3n) is 17.2. The standard InChI is InChI=1S/C66H101N4O31P/c1-31(2)16-15-18-32(3)19-20-34(5)23-26-65(10,11)25-14-13-17-33(4)24-27-90-42(60(85)86)30-92-102(88,89)101-64-55(56(94-38(9)74)66(12,87)57(100-64)58(67)83)99-62-46(69-37(8)73)48(79)53(41(95-62)29-91-43(77)28-71)97-61-45(68-36(7)72)47(78)52(35(6)93-61)96-63-51(82)49(80)50(81)54(98-63)59(84)70-44-39(75)21-22-40(44)76/h14,16,19,24-25,35,41-42,45-57,61-64,71,75,78-82,87H,5,13,15,17-18,20-23,26-30H2,1-4,6-12H3,(H2,67,83)(H,68,72)(H,69,73)(H,70,84)(H,85,86)(H,88,89)/t35-,41-,42-,45-,46-,47-,48-,49+,50-,51-,52-,53-,54+,55-,56-,57-,61+,62+,63-,64-,66+/m0/s1. The molecule has 4 heterocycles. The number of hydrogen-bond donors (Lipinski definition) is 14. The molecule has 0 radical (unpaired) electrons. The fraction of sp³-hybridized carbons (Fsp3) is 0.697. The van der Waals surface area contributed by atoms with Gasteiger partial charge in [0.05, 0.1) is 19.3 Å². The molecule has 35 nitrogen and oxygen atoms in total. The molecule has 0 aromatic carbocycles. The number of hydrogen-bond acceptors (Lipinski definition) is 29. The van der Waals surface area contributed by atoms with Crippen molar-refractivity contribution in [2.75, 3.05) is 26.4 Å². The predicted molar refractivity (Wildman–Crippen MR) is 351 cm³/mol. The number of aliphatic hydroxyl groups is 8. The molecule has 576 valence electrons. The number of allylic oxidation sites excluding steroid dienone is 10. The van der Waals surface area contributed by atoms with Gasteiger partial charge in [0.15, 0.2) is 61.5 Å². The molecule has 1 aliphatic carbocycles. The fourth-order valence-electron chi connectivity index (χ4n) is 11.5. The molecule has 4 fully saturated rings. The molecule has 15 N–H and O–H groups in total. The van der Waals surface area contributed by atoms with Gasteiger partial charge in [-0.25, -0.2) is 14.2 Å². The second-order valence-electron chi connectivity index (χ2n) is 26.8. The van der Waals surface area contributed by atoms with Crippen LogP contribution >= 0.6 is 7.82 Å². The summed E-state index contributed by atoms with van der Waals surface area (Å²) in [5.41, 5.74) is 6.75. The molecular weight excluding hydrogens is 1380 g/mol. The summed E-state index contributed by atoms with van der Waals surface area (Å²) in [5.74, 6) is -9.96. The first-order chi connectivity index (χ1) is 47.6. The Morgan fingerprint density at radius 3 is 1.95 bits per heavy atom. The second kappa shape index (κ2) is 38.6. The Bertz CT molecular complexity index is 3170. The summed E-state index contributed by atoms with van der Waals surface area (Å²) in [4.78, 5) is 114. The number of Topliss-reactive ketones (excluding diaryl/α,β-unsaturated/α-hetero) is 1. The number of carboxylic acid groups (broad SMARTS) is 1. The SMILES string of the molecule is C=C(CC=C(C)CCC=C(C)C)CCC(C)(C)C=CCCC(C)=CCO[C@@H](COP(=O)(O)O[C@@H]1O[C@@H](C(N)=O)[C@](C)(O)[C@@H](OC(C)=O)[C@@H]1O[C@H]1O[C@@H](COC(=O)CO)[C@H](O[C@H]2O[C@@H](C)[C@H](O[C@H]3O[C@@H](C(=O)NC4=C(O)CCC4=O)[C@@H](O)[C@@H](O)[C@@H]3O)[C@@H](O)[C@@H]2NC(C)=O)[C@@H](O)[C@@H]1NC(C)=O)C(=O)O. The number of primary amides is 1. The Kier molecular flexibility index (Phi) is 32.7. The molecule has 5 rings (SSSR count). The van der Waals surface area contributed by atoms with Crippen LogP contribution in [0.25, 0.3) is 0 Å². The number of nitrogens with one attached hydrogen (secondary N) is 3. The number of aliphatic hydroxyl groups excluding tert-OH is 7. The minimum atomic E-state index is -5.76. The predicted octanol–water partition coefficient (Wildman–Crippen LogP) is 0.159. The molecular formula is C66H101N4O31P. The van der Waals surface area contributed by atoms with Gasteiger partial charge < -0.3 is 120 Å². The summed E-state index contributed by atoms with van der Waals surface area (Å²) in [6.45, 7) is 17.7. The maximum absolute atomic E-state index is 14.0. The first-order valence-electron chi connectivity index (χ1n) is 33.1. The number of carbonyl (C=O) groups is 8. The Morgan fingerprint density at radius 2 is 1.37 bits per heavy atom. The maximum Gasteiger partial charge on any atom is 0.474 e. The van der Waals surface area contributed by atoms with Crippen molar-refractivity contribution in [2.24, 2.45) is 11.1 Å². The van der Waals surface area contributed by atoms with E-state index >= 15 is 0 Å². The molecule has 22 atom stereocenters. The lowest BCUT2D eigenvalue weighted by molar-refractivity contribution is -0.371. The highest BCUT2D eigenvalue weighted by Gasteiger charge is 2.62. The van der Waals surface area contributed by atoms with E-state index in [0.29, 0.717) is 12.8 Å². The van der Waals surface area contributed by atoms with E-state index in [4.69, 9.17) is 62.1 Å². The van der Waals surface area contributed by atoms with E-state index in [1.54, 1.807) is 13.0 Å². The van der Waals surface area contributed by atoms with Crippen LogP contribution in [0.4, 0.5) is 0 Å². The highest BCUT2D eigenvalue weighted by Crippen LogP contribution is 2.49. The largest absolute Gasteiger partial charge is 0.510 e. The summed E-state index contributed by atoms with van der Waals surface area (Å²) < 4.78 is 82.3. The van der Waals surface area contributed by atoms with Gasteiger partial charge in [0, 0.05) is 33.6 Å². The summed E-state index contributed by atoms with van der Waals surface area (Å²) in [5, 5.41) is 106. The average Bonchev–Trinajstić information content (AvgIpc) is 0.813. The van der Waals surface area contributed by atoms with E-state index < -0.39 is 215 Å². The third-order valence-corrected chi connectivity index (χ3v) is 18.2. The van der Waals surface area contributed by atoms with E-state index in [0.717, 1.165) is 70.9 Å². The fourth-order valence-corrected chi connectivity index (χ4v) is 12.3. The van der Waals surface area contributed by atoms with Crippen LogP contribution in [-0.2, 0) is 99.3 Å². The van der Waals surface area contributed by atoms with Gasteiger partial charge in [0.25, 0.3) is 5.91 Å². The van der Waals surface area contributed by atoms with Gasteiger partial charge in [-0.3, -0.25) is 37.8 Å². The lowest BCUT2D eigenvalue weighted by Crippen LogP contribution is -2.72. The molecule has 4 amide bonds. The van der Waals surface area contributed by atoms with Crippen LogP contribution < -0.4 is 21.7 Å². The van der Waals surface area contributed by atoms with E-state index in [2.05, 4.69) is 81.5 Å². The number of carboxylic acids is 1. The number of phosphoric ester groups is 1. The van der Waals surface area contributed by atoms with Crippen LogP contribution in [0.3, 0.4) is 0 Å². The number of aliphatic carboxylic acids is 1. The van der Waals surface area contributed by atoms with Gasteiger partial charge in [-0.2, -0.15) is 0 Å². The normalized spacial score (nSPS) is 32.6. The van der Waals surface area contributed by atoms with E-state index in [1.165, 1.54) is 18.1 Å². The van der Waals surface area contributed by atoms with Crippen molar-refractivity contribution >= 4 is 55.1 Å². The van der Waals surface area contributed by atoms with Crippen molar-refractivity contribution in [1.82, 2.24) is 16.0 Å². The lowest BCUT2D eigenvalue weighted by atomic mass is 9.85. The Labute approximate surface area is 589 Å². The smallest absolute Gasteiger partial charge is 0.474 e. The van der Waals surface area contributed by atoms with Gasteiger partial charge in [0.2, 0.25) is 17.7 Å². The summed E-state index contributed by atoms with van der Waals surface area (Å²) in [6, 6.07) is -3.84. The quantitative estimate of drug-likeness (QED) is 0.0226. The van der Waals surface area contributed by atoms with Gasteiger partial charge in [0.1, 0.15) is 91.2 Å². The number of rotatable bonds is 36. The minimum Gasteiger partial charge on any atom is -0.510 e. The first kappa shape index (κ1) is 86.4. The van der Waals surface area contributed by atoms with E-state index in [1.807, 2.05) is 0 Å². The van der Waals surface area contributed by atoms with Crippen LogP contribution in [0.1, 0.15) is 134 Å². The van der Waals surface area contributed by atoms with Crippen LogP contribution in [0.15, 0.2) is 70.7 Å². The van der Waals surface area contributed by atoms with Crippen molar-refractivity contribution < 1.29 is 150 Å². The molecule has 0 saturated carbocycles. The van der Waals surface area contributed by atoms with Gasteiger partial charge in [-0.1, -0.05) is 73.1 Å². The number of phosphoric acid groups is 1. The molecule has 102 heavy (non-hydrogen) atoms. The highest BCUT2D eigenvalue weighted by molar-refractivity contribution is 7.47. The lowest BCUT2D eigenvalue weighted by Gasteiger charge is -2.51. The molecule has 1 unspecified atom stereocenters. The molecule has 36 heteroatoms. The van der Waals surface area contributed by atoms with Crippen molar-refractivity contribution in [1.29, 1.82) is 0 Å². The third kappa shape index (κ3) is 24.9. The molecule has 4 saturated heterocycles. The molecule has 0 bridgehead atoms. The zero-order chi connectivity index (χ0) is 76.5. The summed E-state index contributed by atoms with van der Waals surface area (Å²) >= 11 is 0. The van der Waals surface area contributed by atoms with E-state index in [9.17, 15) is 93.8 Å². The first-order valence-corrected chi connectivity index (χ1v) is 34.6. The molecule has 0 aromatic heterocycles. The highest BCUT2D eigenvalue weighted by atomic mass is 31.2. The number of ether oxygens (including phenoxy) is 10. The van der Waals surface area contributed by atoms with Crippen LogP contribution in [0.2, 0.25) is 0 Å². The van der Waals surface area contributed by atoms with Crippen LogP contribution in [0.5, 0.6) is 0 Å². The monoisotopic (exact) mass is 1480 g/mol. The van der Waals surface area contributed by atoms with Gasteiger partial charge in [-0.15, -0.1) is 0 Å². The number of esters is 2. The number of nitrogens with two attached hydrogens (primary N) is 1. The second-order valence-corrected chi connectivity index (χ2v) is 28.2. The Hall–Kier alpha value is -6.29. The van der Waals surface area contributed by atoms with Crippen molar-refractivity contribution in [3.05, 3.63) is 70.7 Å². The molecule has 0 aromatic rings. The number of ketones is 1. The zero-order valence-electron chi connectivity index (χ0n) is 58.9. The summed E-state index contributed by atoms with van der Waals surface area (Å²) in [6.07, 6.45) is -22.3. The zero-order valence-corrected chi connectivity index (χ0v) is 59.8. The van der Waals surface area contributed by atoms with Crippen LogP contribution in [0, 0.1) is 5.41 Å². The molecule has 0 spiro atoms. The maximum atomic E-state index is 14.0. The number of carbonyl (C=O) groups excluding carboxylic acids is 7. The molecule has 5 aliphatic rings. The van der Waals surface area contributed by atoms with Gasteiger partial charge >= 0.3 is 25.7 Å². The average molecular weight is 1480 g/mol. The Balaban J connectivity index is 1.35. The van der Waals surface area contributed by atoms with Gasteiger partial charge in [-0.05, 0) is 91.9 Å². The van der Waals surface area contributed by atoms with Crippen molar-refractivity contribution in [3.63, 3.8) is 0 Å². The van der Waals surface area contributed by atoms with E-state index in [-0.39, 0.29) is 24.9 Å². The summed E-state index contributed by atoms with van der Waals surface area (Å²) in [7, 11) is -5.76. The van der Waals surface area contributed by atoms with Crippen molar-refractivity contribution in [3.8, 4) is 0 Å².